The predicted octanol–water partition coefficient (Wildman–Crippen LogP) is -0.110. The van der Waals surface area contributed by atoms with Crippen molar-refractivity contribution in [2.45, 2.75) is 29.0 Å². The Labute approximate surface area is 139 Å². The number of nitrogen functional groups attached to an aromatic ring is 1. The summed E-state index contributed by atoms with van der Waals surface area (Å²) in [7, 11) is 0. The third-order valence-corrected chi connectivity index (χ3v) is 4.22. The van der Waals surface area contributed by atoms with E-state index in [0.29, 0.717) is 40.6 Å². The van der Waals surface area contributed by atoms with E-state index >= 15 is 0 Å². The number of nitrogens with zero attached hydrogens (tertiary/aromatic N) is 3. The molecule has 0 bridgehead atoms. The number of hydrogen-bond donors (Lipinski definition) is 4. The van der Waals surface area contributed by atoms with Crippen molar-refractivity contribution in [2.75, 3.05) is 11.5 Å². The molecule has 0 aliphatic rings. The maximum atomic E-state index is 11.3. The van der Waals surface area contributed by atoms with E-state index in [0.717, 1.165) is 0 Å². The molecule has 23 heavy (non-hydrogen) atoms. The fourth-order valence-corrected chi connectivity index (χ4v) is 2.91. The smallest absolute Gasteiger partial charge is 0.276 e. The van der Waals surface area contributed by atoms with Crippen LogP contribution >= 0.6 is 23.5 Å². The van der Waals surface area contributed by atoms with Crippen LogP contribution in [-0.4, -0.2) is 31.8 Å². The Morgan fingerprint density at radius 2 is 2.22 bits per heavy atom. The second-order valence-electron chi connectivity index (χ2n) is 4.25. The number of aromatic amines is 1. The van der Waals surface area contributed by atoms with Crippen LogP contribution in [0.25, 0.3) is 0 Å². The Hall–Kier alpha value is -2.05. The molecule has 0 aromatic carbocycles. The van der Waals surface area contributed by atoms with Crippen LogP contribution in [0.2, 0.25) is 0 Å². The number of thioether (sulfide) groups is 2. The van der Waals surface area contributed by atoms with Crippen LogP contribution in [0.5, 0.6) is 0 Å². The van der Waals surface area contributed by atoms with E-state index in [-0.39, 0.29) is 17.3 Å². The lowest BCUT2D eigenvalue weighted by Gasteiger charge is -1.98. The first-order valence-corrected chi connectivity index (χ1v) is 8.48. The van der Waals surface area contributed by atoms with Crippen LogP contribution < -0.4 is 22.6 Å². The molecule has 12 heteroatoms. The van der Waals surface area contributed by atoms with Crippen molar-refractivity contribution in [1.82, 2.24) is 25.6 Å². The number of hydrazine groups is 1. The van der Waals surface area contributed by atoms with Gasteiger partial charge in [-0.25, -0.2) is 10.8 Å². The SMILES string of the molecule is NNC(=O)CCCSc1nnc(CSc2nc(N)cc(=O)[nH]2)o1. The number of carbonyl (C=O) groups is 1. The molecule has 0 saturated heterocycles. The lowest BCUT2D eigenvalue weighted by molar-refractivity contribution is -0.121. The highest BCUT2D eigenvalue weighted by molar-refractivity contribution is 7.99. The van der Waals surface area contributed by atoms with Crippen molar-refractivity contribution >= 4 is 35.2 Å². The number of carbonyl (C=O) groups excluding carboxylic acids is 1. The molecule has 0 saturated carbocycles. The number of nitrogens with one attached hydrogen (secondary N) is 2. The van der Waals surface area contributed by atoms with E-state index < -0.39 is 0 Å². The van der Waals surface area contributed by atoms with Gasteiger partial charge in [0.2, 0.25) is 11.8 Å². The summed E-state index contributed by atoms with van der Waals surface area (Å²) in [5.41, 5.74) is 7.25. The molecule has 2 heterocycles. The van der Waals surface area contributed by atoms with E-state index in [4.69, 9.17) is 16.0 Å². The van der Waals surface area contributed by atoms with E-state index in [2.05, 4.69) is 25.6 Å². The highest BCUT2D eigenvalue weighted by Gasteiger charge is 2.09. The molecule has 0 atom stereocenters. The third-order valence-electron chi connectivity index (χ3n) is 2.46. The molecule has 0 radical (unpaired) electrons. The Morgan fingerprint density at radius 1 is 1.39 bits per heavy atom. The van der Waals surface area contributed by atoms with Crippen LogP contribution in [0.15, 0.2) is 25.7 Å². The molecule has 0 spiro atoms. The van der Waals surface area contributed by atoms with Gasteiger partial charge in [-0.15, -0.1) is 10.2 Å². The molecule has 10 nitrogen and oxygen atoms in total. The van der Waals surface area contributed by atoms with Crippen LogP contribution in [-0.2, 0) is 10.5 Å². The minimum atomic E-state index is -0.316. The highest BCUT2D eigenvalue weighted by Crippen LogP contribution is 2.22. The minimum Gasteiger partial charge on any atom is -0.415 e. The quantitative estimate of drug-likeness (QED) is 0.125. The Morgan fingerprint density at radius 3 is 2.96 bits per heavy atom. The Bertz CT molecular complexity index is 718. The largest absolute Gasteiger partial charge is 0.415 e. The molecule has 0 unspecified atom stereocenters. The molecular formula is C11H15N7O3S2. The summed E-state index contributed by atoms with van der Waals surface area (Å²) in [6, 6.07) is 1.20. The number of anilines is 1. The summed E-state index contributed by atoms with van der Waals surface area (Å²) in [6.45, 7) is 0. The van der Waals surface area contributed by atoms with Gasteiger partial charge in [-0.05, 0) is 6.42 Å². The first-order valence-electron chi connectivity index (χ1n) is 6.51. The van der Waals surface area contributed by atoms with Gasteiger partial charge in [0.1, 0.15) is 5.82 Å². The lowest BCUT2D eigenvalue weighted by Crippen LogP contribution is -2.29. The van der Waals surface area contributed by atoms with Gasteiger partial charge in [-0.1, -0.05) is 23.5 Å². The average Bonchev–Trinajstić information content (AvgIpc) is 2.96. The van der Waals surface area contributed by atoms with Gasteiger partial charge in [0, 0.05) is 18.2 Å². The van der Waals surface area contributed by atoms with Gasteiger partial charge in [0.25, 0.3) is 10.8 Å². The van der Waals surface area contributed by atoms with Crippen molar-refractivity contribution < 1.29 is 9.21 Å². The second-order valence-corrected chi connectivity index (χ2v) is 6.26. The summed E-state index contributed by atoms with van der Waals surface area (Å²) in [4.78, 5) is 28.8. The number of H-pyrrole nitrogens is 1. The van der Waals surface area contributed by atoms with Crippen LogP contribution in [0.4, 0.5) is 5.82 Å². The Kier molecular flexibility index (Phi) is 6.43. The van der Waals surface area contributed by atoms with Gasteiger partial charge in [0.15, 0.2) is 5.16 Å². The maximum Gasteiger partial charge on any atom is 0.276 e. The molecule has 2 aromatic rings. The predicted molar refractivity (Wildman–Crippen MR) is 85.4 cm³/mol. The Balaban J connectivity index is 1.78. The van der Waals surface area contributed by atoms with Crippen molar-refractivity contribution in [3.63, 3.8) is 0 Å². The molecule has 124 valence electrons. The van der Waals surface area contributed by atoms with E-state index in [1.807, 2.05) is 0 Å². The van der Waals surface area contributed by atoms with Gasteiger partial charge >= 0.3 is 0 Å². The molecule has 0 aliphatic heterocycles. The summed E-state index contributed by atoms with van der Waals surface area (Å²) in [6.07, 6.45) is 0.990. The monoisotopic (exact) mass is 357 g/mol. The standard InChI is InChI=1S/C11H15N7O3S2/c12-6-4-8(20)15-10(14-6)23-5-9-17-18-11(21-9)22-3-1-2-7(19)16-13/h4H,1-3,5,13H2,(H,16,19)(H3,12,14,15,20). The van der Waals surface area contributed by atoms with Gasteiger partial charge in [-0.3, -0.25) is 15.0 Å². The highest BCUT2D eigenvalue weighted by atomic mass is 32.2. The second kappa shape index (κ2) is 8.55. The van der Waals surface area contributed by atoms with E-state index in [1.54, 1.807) is 0 Å². The zero-order valence-electron chi connectivity index (χ0n) is 11.9. The van der Waals surface area contributed by atoms with Crippen LogP contribution in [0.3, 0.4) is 0 Å². The fourth-order valence-electron chi connectivity index (χ4n) is 1.47. The fraction of sp³-hybridized carbons (Fsp3) is 0.364. The number of aromatic nitrogens is 4. The molecule has 2 aromatic heterocycles. The summed E-state index contributed by atoms with van der Waals surface area (Å²) >= 11 is 2.59. The molecule has 0 aliphatic carbocycles. The summed E-state index contributed by atoms with van der Waals surface area (Å²) in [5.74, 6) is 6.35. The topological polar surface area (TPSA) is 166 Å². The summed E-state index contributed by atoms with van der Waals surface area (Å²) in [5, 5.41) is 8.59. The number of nitrogens with two attached hydrogens (primary N) is 2. The first-order chi connectivity index (χ1) is 11.1. The average molecular weight is 357 g/mol. The number of amides is 1. The van der Waals surface area contributed by atoms with Gasteiger partial charge in [-0.2, -0.15) is 0 Å². The van der Waals surface area contributed by atoms with Crippen molar-refractivity contribution in [2.24, 2.45) is 5.84 Å². The lowest BCUT2D eigenvalue weighted by atomic mass is 10.3. The molecule has 0 fully saturated rings. The maximum absolute atomic E-state index is 11.3. The van der Waals surface area contributed by atoms with Crippen LogP contribution in [0.1, 0.15) is 18.7 Å². The van der Waals surface area contributed by atoms with E-state index in [1.165, 1.54) is 29.6 Å². The van der Waals surface area contributed by atoms with Crippen molar-refractivity contribution in [3.05, 3.63) is 22.3 Å². The third kappa shape index (κ3) is 5.92. The number of rotatable bonds is 8. The zero-order valence-corrected chi connectivity index (χ0v) is 13.6. The van der Waals surface area contributed by atoms with Gasteiger partial charge < -0.3 is 15.1 Å². The van der Waals surface area contributed by atoms with Gasteiger partial charge in [0.05, 0.1) is 5.75 Å². The number of hydrogen-bond acceptors (Lipinski definition) is 10. The normalized spacial score (nSPS) is 10.7. The molecule has 2 rings (SSSR count). The molecule has 1 amide bonds. The molecular weight excluding hydrogens is 342 g/mol. The molecule has 6 N–H and O–H groups in total. The first kappa shape index (κ1) is 17.3. The van der Waals surface area contributed by atoms with Crippen molar-refractivity contribution in [3.8, 4) is 0 Å². The van der Waals surface area contributed by atoms with Crippen molar-refractivity contribution in [1.29, 1.82) is 0 Å². The van der Waals surface area contributed by atoms with E-state index in [9.17, 15) is 9.59 Å². The minimum absolute atomic E-state index is 0.152. The zero-order chi connectivity index (χ0) is 16.7. The van der Waals surface area contributed by atoms with Crippen LogP contribution in [0, 0.1) is 0 Å². The summed E-state index contributed by atoms with van der Waals surface area (Å²) < 4.78 is 5.44.